The third-order valence-electron chi connectivity index (χ3n) is 2.29. The Morgan fingerprint density at radius 1 is 1.06 bits per heavy atom. The smallest absolute Gasteiger partial charge is 0.146 e. The van der Waals surface area contributed by atoms with Crippen LogP contribution < -0.4 is 4.74 Å². The van der Waals surface area contributed by atoms with Crippen LogP contribution in [0.15, 0.2) is 36.4 Å². The second-order valence-corrected chi connectivity index (χ2v) is 4.97. The van der Waals surface area contributed by atoms with Gasteiger partial charge in [-0.05, 0) is 30.3 Å². The zero-order valence-corrected chi connectivity index (χ0v) is 12.2. The molecular formula is C13H8BrCl2FO. The number of hydrogen-bond donors (Lipinski definition) is 0. The van der Waals surface area contributed by atoms with Crippen molar-refractivity contribution in [3.8, 4) is 11.5 Å². The molecular weight excluding hydrogens is 342 g/mol. The molecule has 0 radical (unpaired) electrons. The van der Waals surface area contributed by atoms with Crippen molar-refractivity contribution in [3.63, 3.8) is 0 Å². The molecule has 0 heterocycles. The number of halogens is 4. The number of alkyl halides is 1. The van der Waals surface area contributed by atoms with Gasteiger partial charge >= 0.3 is 0 Å². The molecule has 0 amide bonds. The molecule has 2 aromatic rings. The Labute approximate surface area is 123 Å². The molecule has 0 aliphatic heterocycles. The van der Waals surface area contributed by atoms with Gasteiger partial charge in [-0.15, -0.1) is 0 Å². The molecule has 2 rings (SSSR count). The first-order valence-corrected chi connectivity index (χ1v) is 6.95. The summed E-state index contributed by atoms with van der Waals surface area (Å²) in [6, 6.07) is 9.30. The molecule has 0 N–H and O–H groups in total. The first-order valence-electron chi connectivity index (χ1n) is 5.07. The molecule has 0 atom stereocenters. The fourth-order valence-corrected chi connectivity index (χ4v) is 2.24. The monoisotopic (exact) mass is 348 g/mol. The summed E-state index contributed by atoms with van der Waals surface area (Å²) in [5.41, 5.74) is 0.930. The maximum absolute atomic E-state index is 12.9. The lowest BCUT2D eigenvalue weighted by Gasteiger charge is -2.11. The van der Waals surface area contributed by atoms with Crippen LogP contribution in [0.3, 0.4) is 0 Å². The van der Waals surface area contributed by atoms with E-state index in [0.717, 1.165) is 5.56 Å². The van der Waals surface area contributed by atoms with Crippen LogP contribution in [0.2, 0.25) is 10.0 Å². The Bertz CT molecular complexity index is 575. The zero-order chi connectivity index (χ0) is 13.1. The normalized spacial score (nSPS) is 10.4. The predicted molar refractivity (Wildman–Crippen MR) is 75.6 cm³/mol. The molecule has 0 saturated heterocycles. The molecule has 1 nitrogen and oxygen atoms in total. The van der Waals surface area contributed by atoms with Gasteiger partial charge in [0.25, 0.3) is 0 Å². The quantitative estimate of drug-likeness (QED) is 0.634. The van der Waals surface area contributed by atoms with Gasteiger partial charge in [-0.25, -0.2) is 4.39 Å². The zero-order valence-electron chi connectivity index (χ0n) is 9.09. The van der Waals surface area contributed by atoms with Crippen molar-refractivity contribution in [1.29, 1.82) is 0 Å². The minimum Gasteiger partial charge on any atom is -0.455 e. The number of ether oxygens (including phenoxy) is 1. The molecule has 0 bridgehead atoms. The van der Waals surface area contributed by atoms with Crippen molar-refractivity contribution >= 4 is 39.1 Å². The first-order chi connectivity index (χ1) is 8.60. The Morgan fingerprint density at radius 3 is 2.50 bits per heavy atom. The van der Waals surface area contributed by atoms with Crippen molar-refractivity contribution < 1.29 is 9.13 Å². The van der Waals surface area contributed by atoms with Crippen molar-refractivity contribution in [3.05, 3.63) is 57.8 Å². The van der Waals surface area contributed by atoms with E-state index in [2.05, 4.69) is 15.9 Å². The SMILES string of the molecule is Fc1ccc(Oc2cc(Cl)ccc2CBr)c(Cl)c1. The Kier molecular flexibility index (Phi) is 4.49. The van der Waals surface area contributed by atoms with Gasteiger partial charge in [0.2, 0.25) is 0 Å². The van der Waals surface area contributed by atoms with Crippen molar-refractivity contribution in [1.82, 2.24) is 0 Å². The van der Waals surface area contributed by atoms with Crippen LogP contribution in [0.25, 0.3) is 0 Å². The van der Waals surface area contributed by atoms with Crippen LogP contribution in [0.1, 0.15) is 5.56 Å². The van der Waals surface area contributed by atoms with Crippen LogP contribution in [-0.2, 0) is 5.33 Å². The Morgan fingerprint density at radius 2 is 1.83 bits per heavy atom. The molecule has 18 heavy (non-hydrogen) atoms. The lowest BCUT2D eigenvalue weighted by atomic mass is 10.2. The summed E-state index contributed by atoms with van der Waals surface area (Å²) in [6.45, 7) is 0. The van der Waals surface area contributed by atoms with E-state index in [9.17, 15) is 4.39 Å². The third kappa shape index (κ3) is 3.16. The molecule has 0 aliphatic carbocycles. The summed E-state index contributed by atoms with van der Waals surface area (Å²) in [5.74, 6) is 0.578. The van der Waals surface area contributed by atoms with Gasteiger partial charge < -0.3 is 4.74 Å². The maximum Gasteiger partial charge on any atom is 0.146 e. The van der Waals surface area contributed by atoms with Gasteiger partial charge in [-0.3, -0.25) is 0 Å². The summed E-state index contributed by atoms with van der Waals surface area (Å²) in [7, 11) is 0. The molecule has 0 spiro atoms. The van der Waals surface area contributed by atoms with Gasteiger partial charge in [-0.2, -0.15) is 0 Å². The number of rotatable bonds is 3. The van der Waals surface area contributed by atoms with E-state index in [4.69, 9.17) is 27.9 Å². The standard InChI is InChI=1S/C13H8BrCl2FO/c14-7-8-1-2-9(15)5-13(8)18-12-4-3-10(17)6-11(12)16/h1-6H,7H2. The van der Waals surface area contributed by atoms with Gasteiger partial charge in [-0.1, -0.05) is 45.2 Å². The van der Waals surface area contributed by atoms with Crippen molar-refractivity contribution in [2.75, 3.05) is 0 Å². The van der Waals surface area contributed by atoms with Crippen LogP contribution in [0.4, 0.5) is 4.39 Å². The molecule has 5 heteroatoms. The number of hydrogen-bond acceptors (Lipinski definition) is 1. The predicted octanol–water partition coefficient (Wildman–Crippen LogP) is 5.82. The Hall–Kier alpha value is -0.770. The van der Waals surface area contributed by atoms with Gasteiger partial charge in [0.05, 0.1) is 5.02 Å². The highest BCUT2D eigenvalue weighted by molar-refractivity contribution is 9.08. The van der Waals surface area contributed by atoms with Crippen LogP contribution in [0.5, 0.6) is 11.5 Å². The largest absolute Gasteiger partial charge is 0.455 e. The van der Waals surface area contributed by atoms with Crippen molar-refractivity contribution in [2.24, 2.45) is 0 Å². The second kappa shape index (κ2) is 5.91. The van der Waals surface area contributed by atoms with E-state index >= 15 is 0 Å². The summed E-state index contributed by atoms with van der Waals surface area (Å²) in [5, 5.41) is 1.40. The molecule has 0 aromatic heterocycles. The Balaban J connectivity index is 2.36. The molecule has 0 unspecified atom stereocenters. The molecule has 94 valence electrons. The summed E-state index contributed by atoms with van der Waals surface area (Å²) in [4.78, 5) is 0. The fourth-order valence-electron chi connectivity index (χ4n) is 1.41. The highest BCUT2D eigenvalue weighted by Crippen LogP contribution is 2.33. The summed E-state index contributed by atoms with van der Waals surface area (Å²) >= 11 is 15.2. The maximum atomic E-state index is 12.9. The number of benzene rings is 2. The third-order valence-corrected chi connectivity index (χ3v) is 3.42. The highest BCUT2D eigenvalue weighted by Gasteiger charge is 2.08. The van der Waals surface area contributed by atoms with Gasteiger partial charge in [0.15, 0.2) is 0 Å². The minimum atomic E-state index is -0.404. The topological polar surface area (TPSA) is 9.23 Å². The van der Waals surface area contributed by atoms with E-state index in [1.54, 1.807) is 12.1 Å². The van der Waals surface area contributed by atoms with Gasteiger partial charge in [0.1, 0.15) is 17.3 Å². The van der Waals surface area contributed by atoms with E-state index in [1.807, 2.05) is 6.07 Å². The molecule has 0 saturated carbocycles. The lowest BCUT2D eigenvalue weighted by molar-refractivity contribution is 0.477. The first kappa shape index (κ1) is 13.7. The van der Waals surface area contributed by atoms with E-state index in [0.29, 0.717) is 21.9 Å². The highest BCUT2D eigenvalue weighted by atomic mass is 79.9. The van der Waals surface area contributed by atoms with E-state index in [1.165, 1.54) is 18.2 Å². The molecule has 0 aliphatic rings. The average Bonchev–Trinajstić information content (AvgIpc) is 2.33. The minimum absolute atomic E-state index is 0.218. The van der Waals surface area contributed by atoms with Gasteiger partial charge in [0, 0.05) is 15.9 Å². The molecule has 2 aromatic carbocycles. The van der Waals surface area contributed by atoms with E-state index in [-0.39, 0.29) is 5.02 Å². The average molecular weight is 350 g/mol. The van der Waals surface area contributed by atoms with E-state index < -0.39 is 5.82 Å². The van der Waals surface area contributed by atoms with Crippen molar-refractivity contribution in [2.45, 2.75) is 5.33 Å². The fraction of sp³-hybridized carbons (Fsp3) is 0.0769. The second-order valence-electron chi connectivity index (χ2n) is 3.56. The summed E-state index contributed by atoms with van der Waals surface area (Å²) in [6.07, 6.45) is 0. The summed E-state index contributed by atoms with van der Waals surface area (Å²) < 4.78 is 18.6. The van der Waals surface area contributed by atoms with Crippen LogP contribution in [-0.4, -0.2) is 0 Å². The van der Waals surface area contributed by atoms with Crippen LogP contribution >= 0.6 is 39.1 Å². The molecule has 0 fully saturated rings. The van der Waals surface area contributed by atoms with Crippen LogP contribution in [0, 0.1) is 5.82 Å². The lowest BCUT2D eigenvalue weighted by Crippen LogP contribution is -1.90.